The second-order valence-electron chi connectivity index (χ2n) is 1.93. The van der Waals surface area contributed by atoms with Gasteiger partial charge in [-0.05, 0) is 34.5 Å². The van der Waals surface area contributed by atoms with Crippen molar-refractivity contribution < 1.29 is 4.74 Å². The minimum absolute atomic E-state index is 0.826. The summed E-state index contributed by atoms with van der Waals surface area (Å²) in [5.41, 5.74) is 0.944. The summed E-state index contributed by atoms with van der Waals surface area (Å²) in [4.78, 5) is 0. The molecule has 0 aliphatic heterocycles. The second-order valence-corrected chi connectivity index (χ2v) is 2.73. The van der Waals surface area contributed by atoms with Gasteiger partial charge in [-0.1, -0.05) is 12.1 Å². The number of ether oxygens (including phenoxy) is 1. The maximum Gasteiger partial charge on any atom is 0.133 e. The maximum atomic E-state index is 5.04. The van der Waals surface area contributed by atoms with Crippen molar-refractivity contribution in [1.29, 1.82) is 0 Å². The van der Waals surface area contributed by atoms with E-state index in [4.69, 9.17) is 4.74 Å². The Hall–Kier alpha value is -0.500. The standard InChI is InChI=1S/C8H8BrO/c1-6-4-3-5-7(10-2)8(6)9/h3-5H,1H2,2H3. The van der Waals surface area contributed by atoms with E-state index in [1.165, 1.54) is 0 Å². The van der Waals surface area contributed by atoms with Crippen molar-refractivity contribution in [2.45, 2.75) is 0 Å². The predicted molar refractivity (Wildman–Crippen MR) is 45.2 cm³/mol. The molecule has 0 fully saturated rings. The fourth-order valence-electron chi connectivity index (χ4n) is 0.714. The highest BCUT2D eigenvalue weighted by molar-refractivity contribution is 9.10. The first-order valence-electron chi connectivity index (χ1n) is 2.90. The molecular weight excluding hydrogens is 192 g/mol. The highest BCUT2D eigenvalue weighted by Gasteiger charge is 1.99. The van der Waals surface area contributed by atoms with Gasteiger partial charge < -0.3 is 4.74 Å². The fourth-order valence-corrected chi connectivity index (χ4v) is 1.14. The van der Waals surface area contributed by atoms with E-state index in [0.717, 1.165) is 15.8 Å². The molecule has 0 spiro atoms. The zero-order valence-electron chi connectivity index (χ0n) is 5.73. The molecule has 0 aliphatic carbocycles. The van der Waals surface area contributed by atoms with E-state index < -0.39 is 0 Å². The van der Waals surface area contributed by atoms with Gasteiger partial charge in [-0.15, -0.1) is 0 Å². The summed E-state index contributed by atoms with van der Waals surface area (Å²) in [6.07, 6.45) is 0. The Balaban J connectivity index is 3.14. The third-order valence-corrected chi connectivity index (χ3v) is 2.16. The first-order valence-corrected chi connectivity index (χ1v) is 3.69. The lowest BCUT2D eigenvalue weighted by Crippen LogP contribution is -1.85. The van der Waals surface area contributed by atoms with Gasteiger partial charge in [0.2, 0.25) is 0 Å². The number of rotatable bonds is 1. The second kappa shape index (κ2) is 3.06. The minimum atomic E-state index is 0.826. The van der Waals surface area contributed by atoms with Gasteiger partial charge in [-0.2, -0.15) is 0 Å². The molecule has 0 saturated carbocycles. The molecule has 1 aromatic carbocycles. The molecule has 10 heavy (non-hydrogen) atoms. The van der Waals surface area contributed by atoms with Gasteiger partial charge in [0.1, 0.15) is 5.75 Å². The molecule has 1 aromatic rings. The van der Waals surface area contributed by atoms with Crippen molar-refractivity contribution in [1.82, 2.24) is 0 Å². The lowest BCUT2D eigenvalue weighted by Gasteiger charge is -2.03. The molecule has 0 aliphatic rings. The monoisotopic (exact) mass is 199 g/mol. The Labute approximate surface area is 69.1 Å². The normalized spacial score (nSPS) is 9.50. The molecule has 2 heteroatoms. The van der Waals surface area contributed by atoms with Crippen molar-refractivity contribution in [2.24, 2.45) is 0 Å². The van der Waals surface area contributed by atoms with Crippen molar-refractivity contribution >= 4 is 15.9 Å². The topological polar surface area (TPSA) is 9.23 Å². The molecule has 0 bridgehead atoms. The molecule has 1 rings (SSSR count). The van der Waals surface area contributed by atoms with Gasteiger partial charge >= 0.3 is 0 Å². The van der Waals surface area contributed by atoms with Crippen molar-refractivity contribution in [3.05, 3.63) is 35.2 Å². The van der Waals surface area contributed by atoms with Crippen LogP contribution in [0.5, 0.6) is 5.75 Å². The van der Waals surface area contributed by atoms with E-state index in [1.54, 1.807) is 7.11 Å². The SMILES string of the molecule is [CH2]c1cccc(OC)c1Br. The summed E-state index contributed by atoms with van der Waals surface area (Å²) in [6, 6.07) is 5.72. The average molecular weight is 200 g/mol. The summed E-state index contributed by atoms with van der Waals surface area (Å²) in [6.45, 7) is 3.80. The predicted octanol–water partition coefficient (Wildman–Crippen LogP) is 2.64. The van der Waals surface area contributed by atoms with Crippen molar-refractivity contribution in [2.75, 3.05) is 7.11 Å². The molecule has 0 unspecified atom stereocenters. The van der Waals surface area contributed by atoms with Gasteiger partial charge in [-0.25, -0.2) is 0 Å². The minimum Gasteiger partial charge on any atom is -0.496 e. The van der Waals surface area contributed by atoms with Crippen LogP contribution in [-0.4, -0.2) is 7.11 Å². The van der Waals surface area contributed by atoms with Crippen LogP contribution in [-0.2, 0) is 0 Å². The molecule has 0 saturated heterocycles. The molecule has 53 valence electrons. The van der Waals surface area contributed by atoms with E-state index in [2.05, 4.69) is 22.9 Å². The highest BCUT2D eigenvalue weighted by atomic mass is 79.9. The number of benzene rings is 1. The van der Waals surface area contributed by atoms with Gasteiger partial charge in [-0.3, -0.25) is 0 Å². The van der Waals surface area contributed by atoms with Crippen LogP contribution in [0.2, 0.25) is 0 Å². The third kappa shape index (κ3) is 1.32. The summed E-state index contributed by atoms with van der Waals surface area (Å²) >= 11 is 3.35. The van der Waals surface area contributed by atoms with E-state index in [-0.39, 0.29) is 0 Å². The summed E-state index contributed by atoms with van der Waals surface area (Å²) in [5.74, 6) is 0.826. The highest BCUT2D eigenvalue weighted by Crippen LogP contribution is 2.27. The number of methoxy groups -OCH3 is 1. The van der Waals surface area contributed by atoms with Crippen LogP contribution in [0.3, 0.4) is 0 Å². The molecule has 0 aromatic heterocycles. The zero-order valence-corrected chi connectivity index (χ0v) is 7.31. The van der Waals surface area contributed by atoms with Crippen molar-refractivity contribution in [3.63, 3.8) is 0 Å². The smallest absolute Gasteiger partial charge is 0.133 e. The Kier molecular flexibility index (Phi) is 2.33. The first-order chi connectivity index (χ1) is 4.75. The van der Waals surface area contributed by atoms with Crippen molar-refractivity contribution in [3.8, 4) is 5.75 Å². The fraction of sp³-hybridized carbons (Fsp3) is 0.125. The van der Waals surface area contributed by atoms with Crippen LogP contribution in [0.15, 0.2) is 22.7 Å². The Morgan fingerprint density at radius 1 is 1.50 bits per heavy atom. The third-order valence-electron chi connectivity index (χ3n) is 1.26. The van der Waals surface area contributed by atoms with E-state index in [9.17, 15) is 0 Å². The van der Waals surface area contributed by atoms with Crippen LogP contribution >= 0.6 is 15.9 Å². The zero-order chi connectivity index (χ0) is 7.56. The maximum absolute atomic E-state index is 5.04. The molecule has 0 atom stereocenters. The lowest BCUT2D eigenvalue weighted by atomic mass is 10.2. The first kappa shape index (κ1) is 7.61. The van der Waals surface area contributed by atoms with Crippen LogP contribution < -0.4 is 4.74 Å². The summed E-state index contributed by atoms with van der Waals surface area (Å²) in [5, 5.41) is 0. The molecule has 1 radical (unpaired) electrons. The summed E-state index contributed by atoms with van der Waals surface area (Å²) in [7, 11) is 1.64. The lowest BCUT2D eigenvalue weighted by molar-refractivity contribution is 0.412. The van der Waals surface area contributed by atoms with Crippen LogP contribution in [0.4, 0.5) is 0 Å². The molecule has 0 heterocycles. The molecular formula is C8H8BrO. The van der Waals surface area contributed by atoms with E-state index >= 15 is 0 Å². The van der Waals surface area contributed by atoms with E-state index in [0.29, 0.717) is 0 Å². The van der Waals surface area contributed by atoms with Gasteiger partial charge in [0.25, 0.3) is 0 Å². The van der Waals surface area contributed by atoms with Crippen LogP contribution in [0.25, 0.3) is 0 Å². The van der Waals surface area contributed by atoms with Crippen LogP contribution in [0, 0.1) is 6.92 Å². The van der Waals surface area contributed by atoms with Gasteiger partial charge in [0, 0.05) is 0 Å². The summed E-state index contributed by atoms with van der Waals surface area (Å²) < 4.78 is 5.97. The quantitative estimate of drug-likeness (QED) is 0.677. The number of halogens is 1. The van der Waals surface area contributed by atoms with Gasteiger partial charge in [0.15, 0.2) is 0 Å². The van der Waals surface area contributed by atoms with Crippen LogP contribution in [0.1, 0.15) is 5.56 Å². The molecule has 1 nitrogen and oxygen atoms in total. The van der Waals surface area contributed by atoms with E-state index in [1.807, 2.05) is 18.2 Å². The van der Waals surface area contributed by atoms with Gasteiger partial charge in [0.05, 0.1) is 11.6 Å². The number of hydrogen-bond acceptors (Lipinski definition) is 1. The Bertz CT molecular complexity index is 233. The Morgan fingerprint density at radius 3 is 2.70 bits per heavy atom. The molecule has 0 N–H and O–H groups in total. The number of hydrogen-bond donors (Lipinski definition) is 0. The Morgan fingerprint density at radius 2 is 2.20 bits per heavy atom. The average Bonchev–Trinajstić information content (AvgIpc) is 1.95. The molecule has 0 amide bonds. The largest absolute Gasteiger partial charge is 0.496 e.